The number of nitrogens with zero attached hydrogens (tertiary/aromatic N) is 4. The molecule has 5 rings (SSSR count). The Bertz CT molecular complexity index is 908. The van der Waals surface area contributed by atoms with Crippen LogP contribution in [0.25, 0.3) is 0 Å². The Morgan fingerprint density at radius 1 is 1.03 bits per heavy atom. The number of piperidine rings is 1. The SMILES string of the molecule is Cc1noc(C)c1C(=O)N1CCC2(CC1)C[C@H](N1CCN(c3ccccc3)CC1)CCO2. The molecule has 3 saturated heterocycles. The molecule has 3 aliphatic heterocycles. The number of aromatic nitrogens is 1. The van der Waals surface area contributed by atoms with Crippen molar-refractivity contribution in [1.29, 1.82) is 0 Å². The van der Waals surface area contributed by atoms with E-state index in [2.05, 4.69) is 45.3 Å². The first-order chi connectivity index (χ1) is 15.5. The van der Waals surface area contributed by atoms with Gasteiger partial charge in [-0.15, -0.1) is 0 Å². The number of ether oxygens (including phenoxy) is 1. The smallest absolute Gasteiger partial charge is 0.259 e. The average Bonchev–Trinajstić information content (AvgIpc) is 3.17. The van der Waals surface area contributed by atoms with E-state index in [9.17, 15) is 4.79 Å². The molecule has 3 fully saturated rings. The van der Waals surface area contributed by atoms with Gasteiger partial charge in [0.2, 0.25) is 0 Å². The predicted octanol–water partition coefficient (Wildman–Crippen LogP) is 3.27. The van der Waals surface area contributed by atoms with Crippen molar-refractivity contribution in [3.63, 3.8) is 0 Å². The number of rotatable bonds is 3. The summed E-state index contributed by atoms with van der Waals surface area (Å²) in [5.41, 5.74) is 2.54. The van der Waals surface area contributed by atoms with E-state index in [1.165, 1.54) is 5.69 Å². The minimum absolute atomic E-state index is 0.0421. The van der Waals surface area contributed by atoms with E-state index in [0.717, 1.165) is 71.6 Å². The van der Waals surface area contributed by atoms with Gasteiger partial charge < -0.3 is 19.1 Å². The third-order valence-electron chi connectivity index (χ3n) is 7.63. The lowest BCUT2D eigenvalue weighted by Gasteiger charge is -2.49. The number of amides is 1. The molecule has 1 amide bonds. The Hall–Kier alpha value is -2.38. The third kappa shape index (κ3) is 4.16. The first kappa shape index (κ1) is 21.5. The molecular formula is C25H34N4O3. The Labute approximate surface area is 190 Å². The third-order valence-corrected chi connectivity index (χ3v) is 7.63. The van der Waals surface area contributed by atoms with Crippen LogP contribution in [0.5, 0.6) is 0 Å². The molecule has 0 bridgehead atoms. The fraction of sp³-hybridized carbons (Fsp3) is 0.600. The van der Waals surface area contributed by atoms with E-state index < -0.39 is 0 Å². The maximum Gasteiger partial charge on any atom is 0.259 e. The predicted molar refractivity (Wildman–Crippen MR) is 123 cm³/mol. The number of carbonyl (C=O) groups excluding carboxylic acids is 1. The van der Waals surface area contributed by atoms with E-state index in [4.69, 9.17) is 9.26 Å². The largest absolute Gasteiger partial charge is 0.375 e. The van der Waals surface area contributed by atoms with Crippen LogP contribution in [-0.4, -0.2) is 78.4 Å². The molecule has 3 aliphatic rings. The molecule has 7 heteroatoms. The van der Waals surface area contributed by atoms with Crippen molar-refractivity contribution >= 4 is 11.6 Å². The zero-order valence-electron chi connectivity index (χ0n) is 19.3. The number of para-hydroxylation sites is 1. The Balaban J connectivity index is 1.17. The topological polar surface area (TPSA) is 62.1 Å². The molecule has 4 heterocycles. The van der Waals surface area contributed by atoms with Crippen LogP contribution in [-0.2, 0) is 4.74 Å². The van der Waals surface area contributed by atoms with E-state index in [1.54, 1.807) is 0 Å². The Morgan fingerprint density at radius 3 is 2.41 bits per heavy atom. The zero-order chi connectivity index (χ0) is 22.1. The van der Waals surface area contributed by atoms with Crippen molar-refractivity contribution in [1.82, 2.24) is 15.0 Å². The van der Waals surface area contributed by atoms with Crippen molar-refractivity contribution in [3.05, 3.63) is 47.3 Å². The molecule has 1 aromatic carbocycles. The van der Waals surface area contributed by atoms with Crippen LogP contribution in [0.2, 0.25) is 0 Å². The van der Waals surface area contributed by atoms with Crippen LogP contribution >= 0.6 is 0 Å². The summed E-state index contributed by atoms with van der Waals surface area (Å²) in [7, 11) is 0. The van der Waals surface area contributed by atoms with Gasteiger partial charge in [0.1, 0.15) is 11.3 Å². The lowest BCUT2D eigenvalue weighted by Crippen LogP contribution is -2.57. The minimum atomic E-state index is -0.0883. The second-order valence-corrected chi connectivity index (χ2v) is 9.53. The van der Waals surface area contributed by atoms with Crippen molar-refractivity contribution in [2.75, 3.05) is 50.8 Å². The van der Waals surface area contributed by atoms with Crippen molar-refractivity contribution < 1.29 is 14.1 Å². The number of hydrogen-bond acceptors (Lipinski definition) is 6. The van der Waals surface area contributed by atoms with Gasteiger partial charge in [-0.1, -0.05) is 23.4 Å². The summed E-state index contributed by atoms with van der Waals surface area (Å²) in [5, 5.41) is 3.95. The fourth-order valence-corrected chi connectivity index (χ4v) is 5.71. The maximum absolute atomic E-state index is 13.0. The first-order valence-electron chi connectivity index (χ1n) is 11.9. The molecule has 7 nitrogen and oxygen atoms in total. The number of piperazine rings is 1. The van der Waals surface area contributed by atoms with Crippen LogP contribution in [0, 0.1) is 13.8 Å². The zero-order valence-corrected chi connectivity index (χ0v) is 19.3. The molecular weight excluding hydrogens is 404 g/mol. The van der Waals surface area contributed by atoms with Crippen LogP contribution in [0.4, 0.5) is 5.69 Å². The van der Waals surface area contributed by atoms with E-state index in [-0.39, 0.29) is 11.5 Å². The standard InChI is InChI=1S/C25H34N4O3/c1-19-23(20(2)32-26-19)24(30)29-11-9-25(10-12-29)18-22(8-17-31-25)28-15-13-27(14-16-28)21-6-4-3-5-7-21/h3-7,22H,8-18H2,1-2H3/t22-/m1/s1. The Kier molecular flexibility index (Phi) is 5.95. The Morgan fingerprint density at radius 2 is 1.75 bits per heavy atom. The molecule has 1 atom stereocenters. The molecule has 0 N–H and O–H groups in total. The molecule has 0 radical (unpaired) electrons. The van der Waals surface area contributed by atoms with Crippen LogP contribution in [0.1, 0.15) is 47.5 Å². The van der Waals surface area contributed by atoms with E-state index >= 15 is 0 Å². The summed E-state index contributed by atoms with van der Waals surface area (Å²) in [6.07, 6.45) is 3.99. The van der Waals surface area contributed by atoms with Gasteiger partial charge >= 0.3 is 0 Å². The molecule has 0 saturated carbocycles. The second kappa shape index (κ2) is 8.87. The molecule has 32 heavy (non-hydrogen) atoms. The number of aryl methyl sites for hydroxylation is 2. The number of hydrogen-bond donors (Lipinski definition) is 0. The van der Waals surface area contributed by atoms with E-state index in [1.807, 2.05) is 18.7 Å². The van der Waals surface area contributed by atoms with Crippen molar-refractivity contribution in [2.45, 2.75) is 51.2 Å². The van der Waals surface area contributed by atoms with Gasteiger partial charge in [-0.05, 0) is 51.7 Å². The summed E-state index contributed by atoms with van der Waals surface area (Å²) in [6, 6.07) is 11.3. The average molecular weight is 439 g/mol. The van der Waals surface area contributed by atoms with Gasteiger partial charge in [-0.25, -0.2) is 0 Å². The highest BCUT2D eigenvalue weighted by molar-refractivity contribution is 5.96. The van der Waals surface area contributed by atoms with Gasteiger partial charge in [0.15, 0.2) is 0 Å². The normalized spacial score (nSPS) is 24.1. The van der Waals surface area contributed by atoms with Crippen molar-refractivity contribution in [3.8, 4) is 0 Å². The quantitative estimate of drug-likeness (QED) is 0.733. The summed E-state index contributed by atoms with van der Waals surface area (Å²) < 4.78 is 11.6. The highest BCUT2D eigenvalue weighted by Gasteiger charge is 2.43. The lowest BCUT2D eigenvalue weighted by molar-refractivity contribution is -0.130. The highest BCUT2D eigenvalue weighted by atomic mass is 16.5. The fourth-order valence-electron chi connectivity index (χ4n) is 5.71. The monoisotopic (exact) mass is 438 g/mol. The molecule has 0 aliphatic carbocycles. The molecule has 0 unspecified atom stereocenters. The highest BCUT2D eigenvalue weighted by Crippen LogP contribution is 2.37. The van der Waals surface area contributed by atoms with Gasteiger partial charge in [0, 0.05) is 57.6 Å². The van der Waals surface area contributed by atoms with Gasteiger partial charge in [0.05, 0.1) is 11.3 Å². The summed E-state index contributed by atoms with van der Waals surface area (Å²) >= 11 is 0. The number of anilines is 1. The van der Waals surface area contributed by atoms with Crippen molar-refractivity contribution in [2.24, 2.45) is 0 Å². The summed E-state index contributed by atoms with van der Waals surface area (Å²) in [4.78, 5) is 20.1. The molecule has 1 aromatic heterocycles. The molecule has 2 aromatic rings. The van der Waals surface area contributed by atoms with E-state index in [0.29, 0.717) is 23.1 Å². The first-order valence-corrected chi connectivity index (χ1v) is 11.9. The number of carbonyl (C=O) groups is 1. The number of likely N-dealkylation sites (tertiary alicyclic amines) is 1. The molecule has 1 spiro atoms. The van der Waals surface area contributed by atoms with Crippen LogP contribution in [0.15, 0.2) is 34.9 Å². The summed E-state index contributed by atoms with van der Waals surface area (Å²) in [6.45, 7) is 10.3. The number of benzene rings is 1. The van der Waals surface area contributed by atoms with Gasteiger partial charge in [-0.2, -0.15) is 0 Å². The van der Waals surface area contributed by atoms with Gasteiger partial charge in [0.25, 0.3) is 5.91 Å². The maximum atomic E-state index is 13.0. The molecule has 172 valence electrons. The van der Waals surface area contributed by atoms with Crippen LogP contribution < -0.4 is 4.90 Å². The summed E-state index contributed by atoms with van der Waals surface area (Å²) in [5.74, 6) is 0.650. The minimum Gasteiger partial charge on any atom is -0.375 e. The lowest BCUT2D eigenvalue weighted by atomic mass is 9.81. The van der Waals surface area contributed by atoms with Crippen LogP contribution in [0.3, 0.4) is 0 Å². The second-order valence-electron chi connectivity index (χ2n) is 9.53. The van der Waals surface area contributed by atoms with Gasteiger partial charge in [-0.3, -0.25) is 9.69 Å².